The molecular weight excluding hydrogens is 240 g/mol. The van der Waals surface area contributed by atoms with Crippen LogP contribution in [0, 0.1) is 6.92 Å². The highest BCUT2D eigenvalue weighted by atomic mass is 16.5. The molecule has 0 aliphatic heterocycles. The number of aryl methyl sites for hydroxylation is 1. The second-order valence-electron chi connectivity index (χ2n) is 4.50. The molecule has 1 unspecified atom stereocenters. The quantitative estimate of drug-likeness (QED) is 0.882. The van der Waals surface area contributed by atoms with Gasteiger partial charge < -0.3 is 15.6 Å². The van der Waals surface area contributed by atoms with Gasteiger partial charge in [0, 0.05) is 12.6 Å². The number of nitrogens with two attached hydrogens (primary N) is 1. The van der Waals surface area contributed by atoms with Crippen LogP contribution in [0.25, 0.3) is 0 Å². The Morgan fingerprint density at radius 2 is 2.16 bits per heavy atom. The Hall–Kier alpha value is -2.07. The molecule has 1 aromatic heterocycles. The standard InChI is InChI=1S/C15H18N2O2/c1-10-8-11(5-6-14(10)19-2)13(18)9-12-4-3-7-17-15(12)16/h3-8,13,18H,9H2,1-2H3,(H2,16,17). The average molecular weight is 258 g/mol. The van der Waals surface area contributed by atoms with E-state index in [1.807, 2.05) is 37.3 Å². The number of nitrogen functional groups attached to an aromatic ring is 1. The minimum Gasteiger partial charge on any atom is -0.496 e. The fourth-order valence-corrected chi connectivity index (χ4v) is 2.06. The topological polar surface area (TPSA) is 68.4 Å². The molecule has 4 nitrogen and oxygen atoms in total. The Labute approximate surface area is 112 Å². The number of pyridine rings is 1. The van der Waals surface area contributed by atoms with Crippen LogP contribution in [-0.4, -0.2) is 17.2 Å². The number of aromatic nitrogens is 1. The highest BCUT2D eigenvalue weighted by Crippen LogP contribution is 2.25. The molecule has 1 atom stereocenters. The first-order valence-corrected chi connectivity index (χ1v) is 6.13. The zero-order chi connectivity index (χ0) is 13.8. The van der Waals surface area contributed by atoms with Gasteiger partial charge in [-0.25, -0.2) is 4.98 Å². The van der Waals surface area contributed by atoms with Crippen molar-refractivity contribution in [3.63, 3.8) is 0 Å². The lowest BCUT2D eigenvalue weighted by molar-refractivity contribution is 0.178. The summed E-state index contributed by atoms with van der Waals surface area (Å²) in [5.74, 6) is 1.28. The maximum absolute atomic E-state index is 10.3. The molecule has 0 radical (unpaired) electrons. The van der Waals surface area contributed by atoms with Crippen molar-refractivity contribution in [2.45, 2.75) is 19.4 Å². The second kappa shape index (κ2) is 5.71. The number of rotatable bonds is 4. The van der Waals surface area contributed by atoms with Crippen molar-refractivity contribution in [1.29, 1.82) is 0 Å². The summed E-state index contributed by atoms with van der Waals surface area (Å²) in [5.41, 5.74) is 8.48. The highest BCUT2D eigenvalue weighted by molar-refractivity contribution is 5.41. The molecule has 4 heteroatoms. The van der Waals surface area contributed by atoms with Gasteiger partial charge in [0.05, 0.1) is 13.2 Å². The van der Waals surface area contributed by atoms with Crippen LogP contribution in [0.1, 0.15) is 22.8 Å². The van der Waals surface area contributed by atoms with E-state index in [1.54, 1.807) is 13.3 Å². The number of hydrogen-bond donors (Lipinski definition) is 2. The predicted octanol–water partition coefficient (Wildman–Crippen LogP) is 2.26. The summed E-state index contributed by atoms with van der Waals surface area (Å²) in [5, 5.41) is 10.3. The fourth-order valence-electron chi connectivity index (χ4n) is 2.06. The van der Waals surface area contributed by atoms with Crippen molar-refractivity contribution in [3.8, 4) is 5.75 Å². The Morgan fingerprint density at radius 3 is 2.79 bits per heavy atom. The van der Waals surface area contributed by atoms with Gasteiger partial charge in [-0.15, -0.1) is 0 Å². The van der Waals surface area contributed by atoms with Crippen LogP contribution in [0.2, 0.25) is 0 Å². The maximum atomic E-state index is 10.3. The van der Waals surface area contributed by atoms with Crippen LogP contribution >= 0.6 is 0 Å². The zero-order valence-corrected chi connectivity index (χ0v) is 11.1. The lowest BCUT2D eigenvalue weighted by atomic mass is 10.00. The van der Waals surface area contributed by atoms with Gasteiger partial charge in [0.2, 0.25) is 0 Å². The molecule has 0 saturated heterocycles. The van der Waals surface area contributed by atoms with Gasteiger partial charge in [-0.05, 0) is 41.8 Å². The van der Waals surface area contributed by atoms with E-state index in [0.717, 1.165) is 22.4 Å². The number of aliphatic hydroxyl groups is 1. The first-order chi connectivity index (χ1) is 9.11. The van der Waals surface area contributed by atoms with Gasteiger partial charge in [-0.1, -0.05) is 12.1 Å². The highest BCUT2D eigenvalue weighted by Gasteiger charge is 2.12. The first kappa shape index (κ1) is 13.4. The van der Waals surface area contributed by atoms with Crippen molar-refractivity contribution in [2.75, 3.05) is 12.8 Å². The Bertz CT molecular complexity index is 570. The molecule has 1 aromatic carbocycles. The van der Waals surface area contributed by atoms with Crippen LogP contribution in [0.15, 0.2) is 36.5 Å². The summed E-state index contributed by atoms with van der Waals surface area (Å²) in [6.07, 6.45) is 1.49. The maximum Gasteiger partial charge on any atom is 0.126 e. The lowest BCUT2D eigenvalue weighted by Gasteiger charge is -2.14. The third kappa shape index (κ3) is 3.03. The van der Waals surface area contributed by atoms with Crippen molar-refractivity contribution < 1.29 is 9.84 Å². The molecule has 100 valence electrons. The number of aliphatic hydroxyl groups excluding tert-OH is 1. The molecule has 0 aliphatic carbocycles. The van der Waals surface area contributed by atoms with E-state index in [-0.39, 0.29) is 0 Å². The van der Waals surface area contributed by atoms with Gasteiger partial charge >= 0.3 is 0 Å². The van der Waals surface area contributed by atoms with Gasteiger partial charge in [-0.2, -0.15) is 0 Å². The van der Waals surface area contributed by atoms with Gasteiger partial charge in [0.15, 0.2) is 0 Å². The van der Waals surface area contributed by atoms with Crippen molar-refractivity contribution in [3.05, 3.63) is 53.2 Å². The molecule has 2 rings (SSSR count). The minimum atomic E-state index is -0.601. The van der Waals surface area contributed by atoms with Gasteiger partial charge in [0.1, 0.15) is 11.6 Å². The first-order valence-electron chi connectivity index (χ1n) is 6.13. The van der Waals surface area contributed by atoms with E-state index in [2.05, 4.69) is 4.98 Å². The molecule has 0 spiro atoms. The second-order valence-corrected chi connectivity index (χ2v) is 4.50. The number of ether oxygens (including phenoxy) is 1. The summed E-state index contributed by atoms with van der Waals surface area (Å²) >= 11 is 0. The molecule has 0 fully saturated rings. The van der Waals surface area contributed by atoms with E-state index in [9.17, 15) is 5.11 Å². The van der Waals surface area contributed by atoms with Crippen LogP contribution in [-0.2, 0) is 6.42 Å². The number of anilines is 1. The van der Waals surface area contributed by atoms with Crippen molar-refractivity contribution in [2.24, 2.45) is 0 Å². The molecule has 0 aliphatic rings. The van der Waals surface area contributed by atoms with E-state index >= 15 is 0 Å². The van der Waals surface area contributed by atoms with E-state index < -0.39 is 6.10 Å². The van der Waals surface area contributed by atoms with Gasteiger partial charge in [0.25, 0.3) is 0 Å². The number of hydrogen-bond acceptors (Lipinski definition) is 4. The number of benzene rings is 1. The average Bonchev–Trinajstić information content (AvgIpc) is 2.41. The third-order valence-corrected chi connectivity index (χ3v) is 3.14. The monoisotopic (exact) mass is 258 g/mol. The zero-order valence-electron chi connectivity index (χ0n) is 11.1. The normalized spacial score (nSPS) is 12.2. The van der Waals surface area contributed by atoms with Crippen LogP contribution < -0.4 is 10.5 Å². The summed E-state index contributed by atoms with van der Waals surface area (Å²) in [6.45, 7) is 1.95. The molecular formula is C15H18N2O2. The fraction of sp³-hybridized carbons (Fsp3) is 0.267. The summed E-state index contributed by atoms with van der Waals surface area (Å²) in [7, 11) is 1.63. The minimum absolute atomic E-state index is 0.450. The summed E-state index contributed by atoms with van der Waals surface area (Å²) < 4.78 is 5.21. The van der Waals surface area contributed by atoms with Crippen molar-refractivity contribution in [1.82, 2.24) is 4.98 Å². The van der Waals surface area contributed by atoms with Gasteiger partial charge in [-0.3, -0.25) is 0 Å². The molecule has 1 heterocycles. The van der Waals surface area contributed by atoms with Crippen LogP contribution in [0.3, 0.4) is 0 Å². The number of methoxy groups -OCH3 is 1. The predicted molar refractivity (Wildman–Crippen MR) is 75.0 cm³/mol. The third-order valence-electron chi connectivity index (χ3n) is 3.14. The SMILES string of the molecule is COc1ccc(C(O)Cc2cccnc2N)cc1C. The summed E-state index contributed by atoms with van der Waals surface area (Å²) in [6, 6.07) is 9.35. The molecule has 3 N–H and O–H groups in total. The number of nitrogens with zero attached hydrogens (tertiary/aromatic N) is 1. The molecule has 2 aromatic rings. The van der Waals surface area contributed by atoms with Crippen molar-refractivity contribution >= 4 is 5.82 Å². The van der Waals surface area contributed by atoms with Crippen LogP contribution in [0.5, 0.6) is 5.75 Å². The Morgan fingerprint density at radius 1 is 1.37 bits per heavy atom. The smallest absolute Gasteiger partial charge is 0.126 e. The van der Waals surface area contributed by atoms with E-state index in [4.69, 9.17) is 10.5 Å². The Kier molecular flexibility index (Phi) is 4.02. The van der Waals surface area contributed by atoms with E-state index in [1.165, 1.54) is 0 Å². The molecule has 19 heavy (non-hydrogen) atoms. The largest absolute Gasteiger partial charge is 0.496 e. The summed E-state index contributed by atoms with van der Waals surface area (Å²) in [4.78, 5) is 4.02. The van der Waals surface area contributed by atoms with E-state index in [0.29, 0.717) is 12.2 Å². The Balaban J connectivity index is 2.18. The molecule has 0 bridgehead atoms. The molecule has 0 saturated carbocycles. The lowest BCUT2D eigenvalue weighted by Crippen LogP contribution is -2.05. The molecule has 0 amide bonds. The van der Waals surface area contributed by atoms with Crippen LogP contribution in [0.4, 0.5) is 5.82 Å².